The van der Waals surface area contributed by atoms with Gasteiger partial charge < -0.3 is 14.0 Å². The average Bonchev–Trinajstić information content (AvgIpc) is 2.78. The first-order valence-electron chi connectivity index (χ1n) is 10.4. The van der Waals surface area contributed by atoms with Gasteiger partial charge in [-0.1, -0.05) is 29.8 Å². The van der Waals surface area contributed by atoms with E-state index in [1.807, 2.05) is 50.2 Å². The maximum absolute atomic E-state index is 13.1. The highest BCUT2D eigenvalue weighted by Gasteiger charge is 2.18. The minimum absolute atomic E-state index is 0.0731. The molecule has 0 fully saturated rings. The molecule has 0 unspecified atom stereocenters. The molecule has 0 saturated heterocycles. The Morgan fingerprint density at radius 2 is 1.48 bits per heavy atom. The van der Waals surface area contributed by atoms with Gasteiger partial charge in [-0.3, -0.25) is 4.79 Å². The number of halogens is 1. The van der Waals surface area contributed by atoms with Gasteiger partial charge in [0.25, 0.3) is 5.91 Å². The van der Waals surface area contributed by atoms with Crippen molar-refractivity contribution in [1.29, 1.82) is 0 Å². The van der Waals surface area contributed by atoms with Gasteiger partial charge in [0.15, 0.2) is 0 Å². The predicted molar refractivity (Wildman–Crippen MR) is 125 cm³/mol. The third-order valence-electron chi connectivity index (χ3n) is 5.01. The molecule has 0 aliphatic rings. The zero-order valence-corrected chi connectivity index (χ0v) is 19.7. The molecule has 0 heterocycles. The van der Waals surface area contributed by atoms with E-state index in [4.69, 9.17) is 4.18 Å². The van der Waals surface area contributed by atoms with E-state index in [0.717, 1.165) is 35.4 Å². The van der Waals surface area contributed by atoms with Crippen LogP contribution in [0.5, 0.6) is 5.75 Å². The Balaban J connectivity index is 1.73. The van der Waals surface area contributed by atoms with Crippen LogP contribution >= 0.6 is 0 Å². The van der Waals surface area contributed by atoms with Gasteiger partial charge in [0.1, 0.15) is 16.5 Å². The minimum atomic E-state index is -4.07. The summed E-state index contributed by atoms with van der Waals surface area (Å²) in [6.45, 7) is 3.58. The first kappa shape index (κ1) is 24.4. The minimum Gasteiger partial charge on any atom is -0.379 e. The molecule has 3 rings (SSSR count). The van der Waals surface area contributed by atoms with Crippen molar-refractivity contribution in [3.8, 4) is 5.75 Å². The Bertz CT molecular complexity index is 1180. The molecule has 0 aliphatic carbocycles. The molecule has 0 bridgehead atoms. The predicted octanol–water partition coefficient (Wildman–Crippen LogP) is 4.11. The molecule has 3 aromatic carbocycles. The number of likely N-dealkylation sites (N-methyl/N-ethyl adjacent to an activating group) is 1. The van der Waals surface area contributed by atoms with Crippen molar-refractivity contribution in [3.63, 3.8) is 0 Å². The normalized spacial score (nSPS) is 11.4. The van der Waals surface area contributed by atoms with Gasteiger partial charge in [-0.15, -0.1) is 0 Å². The van der Waals surface area contributed by atoms with Crippen LogP contribution in [0.1, 0.15) is 21.5 Å². The van der Waals surface area contributed by atoms with Gasteiger partial charge in [0.2, 0.25) is 0 Å². The van der Waals surface area contributed by atoms with E-state index in [2.05, 4.69) is 0 Å². The fourth-order valence-corrected chi connectivity index (χ4v) is 4.03. The maximum Gasteiger partial charge on any atom is 0.339 e. The van der Waals surface area contributed by atoms with Crippen molar-refractivity contribution < 1.29 is 21.8 Å². The molecule has 6 nitrogen and oxygen atoms in total. The van der Waals surface area contributed by atoms with Crippen molar-refractivity contribution >= 4 is 16.0 Å². The third-order valence-corrected chi connectivity index (χ3v) is 6.27. The van der Waals surface area contributed by atoms with Gasteiger partial charge in [-0.25, -0.2) is 4.39 Å². The smallest absolute Gasteiger partial charge is 0.339 e. The molecule has 0 spiro atoms. The quantitative estimate of drug-likeness (QED) is 0.441. The monoisotopic (exact) mass is 470 g/mol. The SMILES string of the molecule is Cc1ccc(C(=O)N(CCN(C)C)Cc2ccc(OS(=O)(=O)c3ccc(F)cc3)cc2)cc1. The van der Waals surface area contributed by atoms with E-state index < -0.39 is 15.9 Å². The van der Waals surface area contributed by atoms with Gasteiger partial charge >= 0.3 is 10.1 Å². The third kappa shape index (κ3) is 6.87. The van der Waals surface area contributed by atoms with Crippen molar-refractivity contribution in [2.45, 2.75) is 18.4 Å². The van der Waals surface area contributed by atoms with Crippen LogP contribution in [0.15, 0.2) is 77.7 Å². The second kappa shape index (κ2) is 10.6. The van der Waals surface area contributed by atoms with Gasteiger partial charge in [-0.05, 0) is 75.1 Å². The molecular weight excluding hydrogens is 443 g/mol. The number of rotatable bonds is 9. The summed E-state index contributed by atoms with van der Waals surface area (Å²) in [5, 5.41) is 0. The fraction of sp³-hybridized carbons (Fsp3) is 0.240. The van der Waals surface area contributed by atoms with Gasteiger partial charge in [0.05, 0.1) is 0 Å². The summed E-state index contributed by atoms with van der Waals surface area (Å²) in [6, 6.07) is 18.4. The number of carbonyl (C=O) groups is 1. The molecule has 1 amide bonds. The summed E-state index contributed by atoms with van der Waals surface area (Å²) in [5.41, 5.74) is 2.53. The number of amides is 1. The number of carbonyl (C=O) groups excluding carboxylic acids is 1. The summed E-state index contributed by atoms with van der Waals surface area (Å²) in [4.78, 5) is 16.7. The fourth-order valence-electron chi connectivity index (χ4n) is 3.10. The van der Waals surface area contributed by atoms with Crippen LogP contribution in [0, 0.1) is 12.7 Å². The highest BCUT2D eigenvalue weighted by Crippen LogP contribution is 2.20. The lowest BCUT2D eigenvalue weighted by molar-refractivity contribution is 0.0732. The van der Waals surface area contributed by atoms with Crippen molar-refractivity contribution in [3.05, 3.63) is 95.3 Å². The molecular formula is C25H27FN2O4S. The number of benzene rings is 3. The molecule has 174 valence electrons. The molecule has 0 aromatic heterocycles. The van der Waals surface area contributed by atoms with E-state index in [1.54, 1.807) is 17.0 Å². The van der Waals surface area contributed by atoms with Crippen LogP contribution in [0.4, 0.5) is 4.39 Å². The maximum atomic E-state index is 13.1. The van der Waals surface area contributed by atoms with Crippen LogP contribution in [0.3, 0.4) is 0 Å². The molecule has 3 aromatic rings. The second-order valence-electron chi connectivity index (χ2n) is 8.03. The Labute approximate surface area is 194 Å². The van der Waals surface area contributed by atoms with Crippen LogP contribution in [0.25, 0.3) is 0 Å². The summed E-state index contributed by atoms with van der Waals surface area (Å²) >= 11 is 0. The van der Waals surface area contributed by atoms with Gasteiger partial charge in [0, 0.05) is 25.2 Å². The lowest BCUT2D eigenvalue weighted by atomic mass is 10.1. The lowest BCUT2D eigenvalue weighted by Gasteiger charge is -2.25. The highest BCUT2D eigenvalue weighted by atomic mass is 32.2. The number of hydrogen-bond acceptors (Lipinski definition) is 5. The zero-order valence-electron chi connectivity index (χ0n) is 18.9. The Morgan fingerprint density at radius 3 is 2.06 bits per heavy atom. The van der Waals surface area contributed by atoms with Crippen molar-refractivity contribution in [1.82, 2.24) is 9.80 Å². The Morgan fingerprint density at radius 1 is 0.879 bits per heavy atom. The number of hydrogen-bond donors (Lipinski definition) is 0. The molecule has 0 radical (unpaired) electrons. The van der Waals surface area contributed by atoms with Crippen LogP contribution in [-0.4, -0.2) is 51.3 Å². The van der Waals surface area contributed by atoms with E-state index in [-0.39, 0.29) is 16.6 Å². The van der Waals surface area contributed by atoms with Gasteiger partial charge in [-0.2, -0.15) is 8.42 Å². The molecule has 0 aliphatic heterocycles. The van der Waals surface area contributed by atoms with Crippen LogP contribution in [0.2, 0.25) is 0 Å². The summed E-state index contributed by atoms with van der Waals surface area (Å²) in [6.07, 6.45) is 0. The molecule has 8 heteroatoms. The summed E-state index contributed by atoms with van der Waals surface area (Å²) in [7, 11) is -0.181. The topological polar surface area (TPSA) is 66.9 Å². The molecule has 0 atom stereocenters. The van der Waals surface area contributed by atoms with Crippen LogP contribution < -0.4 is 4.18 Å². The Kier molecular flexibility index (Phi) is 7.84. The van der Waals surface area contributed by atoms with E-state index in [9.17, 15) is 17.6 Å². The first-order valence-corrected chi connectivity index (χ1v) is 11.8. The first-order chi connectivity index (χ1) is 15.6. The van der Waals surface area contributed by atoms with Crippen molar-refractivity contribution in [2.24, 2.45) is 0 Å². The summed E-state index contributed by atoms with van der Waals surface area (Å²) in [5.74, 6) is -0.471. The summed E-state index contributed by atoms with van der Waals surface area (Å²) < 4.78 is 43.0. The molecule has 0 saturated carbocycles. The van der Waals surface area contributed by atoms with E-state index in [0.29, 0.717) is 25.2 Å². The molecule has 33 heavy (non-hydrogen) atoms. The zero-order chi connectivity index (χ0) is 24.0. The Hall–Kier alpha value is -3.23. The average molecular weight is 471 g/mol. The highest BCUT2D eigenvalue weighted by molar-refractivity contribution is 7.87. The number of aryl methyl sites for hydroxylation is 1. The molecule has 0 N–H and O–H groups in total. The standard InChI is InChI=1S/C25H27FN2O4S/c1-19-4-8-21(9-5-19)25(29)28(17-16-27(2)3)18-20-6-12-23(13-7-20)32-33(30,31)24-14-10-22(26)11-15-24/h4-15H,16-18H2,1-3H3. The largest absolute Gasteiger partial charge is 0.379 e. The van der Waals surface area contributed by atoms with Crippen LogP contribution in [-0.2, 0) is 16.7 Å². The number of nitrogens with zero attached hydrogens (tertiary/aromatic N) is 2. The van der Waals surface area contributed by atoms with Crippen molar-refractivity contribution in [2.75, 3.05) is 27.2 Å². The second-order valence-corrected chi connectivity index (χ2v) is 9.58. The lowest BCUT2D eigenvalue weighted by Crippen LogP contribution is -2.36. The van der Waals surface area contributed by atoms with E-state index >= 15 is 0 Å². The van der Waals surface area contributed by atoms with E-state index in [1.165, 1.54) is 12.1 Å².